The van der Waals surface area contributed by atoms with Gasteiger partial charge in [-0.1, -0.05) is 24.3 Å². The predicted octanol–water partition coefficient (Wildman–Crippen LogP) is 6.33. The van der Waals surface area contributed by atoms with Crippen molar-refractivity contribution in [3.63, 3.8) is 0 Å². The van der Waals surface area contributed by atoms with Crippen LogP contribution in [0.1, 0.15) is 33.7 Å². The standard InChI is InChI=1S/C23H18N2S.2ClH/c1-2-4-20-19(3-1)22(21-8-12-26-23(20)21)14-18-15-25-11-7-17(18)13-16-5-9-24-10-6-16;;/h1-12,15,22H,13-14H2;2*1H. The van der Waals surface area contributed by atoms with Crippen molar-refractivity contribution in [3.05, 3.63) is 107 Å². The lowest BCUT2D eigenvalue weighted by molar-refractivity contribution is 0.813. The highest BCUT2D eigenvalue weighted by molar-refractivity contribution is 7.13. The molecule has 0 amide bonds. The van der Waals surface area contributed by atoms with Gasteiger partial charge in [-0.2, -0.15) is 0 Å². The van der Waals surface area contributed by atoms with E-state index in [1.165, 1.54) is 38.3 Å². The largest absolute Gasteiger partial charge is 0.265 e. The molecule has 2 nitrogen and oxygen atoms in total. The molecule has 1 unspecified atom stereocenters. The molecule has 0 saturated heterocycles. The minimum Gasteiger partial charge on any atom is -0.265 e. The minimum atomic E-state index is 0. The van der Waals surface area contributed by atoms with Crippen molar-refractivity contribution in [2.45, 2.75) is 18.8 Å². The molecule has 1 aliphatic carbocycles. The lowest BCUT2D eigenvalue weighted by atomic mass is 9.88. The van der Waals surface area contributed by atoms with E-state index in [9.17, 15) is 0 Å². The second-order valence-electron chi connectivity index (χ2n) is 6.73. The van der Waals surface area contributed by atoms with Crippen molar-refractivity contribution in [1.29, 1.82) is 0 Å². The van der Waals surface area contributed by atoms with Crippen LogP contribution in [0, 0.1) is 0 Å². The van der Waals surface area contributed by atoms with Crippen molar-refractivity contribution in [3.8, 4) is 10.4 Å². The van der Waals surface area contributed by atoms with Crippen LogP contribution in [-0.2, 0) is 12.8 Å². The Kier molecular flexibility index (Phi) is 6.50. The van der Waals surface area contributed by atoms with Crippen molar-refractivity contribution >= 4 is 36.2 Å². The van der Waals surface area contributed by atoms with Crippen LogP contribution in [0.5, 0.6) is 0 Å². The van der Waals surface area contributed by atoms with Crippen LogP contribution in [0.15, 0.2) is 78.7 Å². The zero-order chi connectivity index (χ0) is 17.3. The van der Waals surface area contributed by atoms with Gasteiger partial charge in [-0.25, -0.2) is 0 Å². The molecule has 0 aliphatic heterocycles. The Morgan fingerprint density at radius 3 is 2.43 bits per heavy atom. The fourth-order valence-electron chi connectivity index (χ4n) is 3.96. The van der Waals surface area contributed by atoms with E-state index >= 15 is 0 Å². The SMILES string of the molecule is Cl.Cl.c1ccc2c(c1)-c1sccc1C2Cc1cnccc1Cc1ccncc1. The summed E-state index contributed by atoms with van der Waals surface area (Å²) in [4.78, 5) is 9.98. The number of halogens is 2. The zero-order valence-electron chi connectivity index (χ0n) is 15.1. The van der Waals surface area contributed by atoms with E-state index in [0.717, 1.165) is 12.8 Å². The quantitative estimate of drug-likeness (QED) is 0.381. The van der Waals surface area contributed by atoms with E-state index in [0.29, 0.717) is 5.92 Å². The van der Waals surface area contributed by atoms with Crippen LogP contribution >= 0.6 is 36.2 Å². The van der Waals surface area contributed by atoms with Crippen molar-refractivity contribution < 1.29 is 0 Å². The Hall–Kier alpha value is -2.20. The first-order valence-electron chi connectivity index (χ1n) is 8.87. The van der Waals surface area contributed by atoms with Gasteiger partial charge in [-0.3, -0.25) is 9.97 Å². The highest BCUT2D eigenvalue weighted by atomic mass is 35.5. The van der Waals surface area contributed by atoms with E-state index < -0.39 is 0 Å². The van der Waals surface area contributed by atoms with Crippen LogP contribution in [0.25, 0.3) is 10.4 Å². The molecule has 0 bridgehead atoms. The van der Waals surface area contributed by atoms with Crippen LogP contribution in [-0.4, -0.2) is 9.97 Å². The van der Waals surface area contributed by atoms with Gasteiger partial charge in [0.05, 0.1) is 0 Å². The monoisotopic (exact) mass is 426 g/mol. The number of rotatable bonds is 4. The van der Waals surface area contributed by atoms with Crippen molar-refractivity contribution in [2.75, 3.05) is 0 Å². The molecule has 0 radical (unpaired) electrons. The first-order valence-corrected chi connectivity index (χ1v) is 9.75. The van der Waals surface area contributed by atoms with E-state index in [-0.39, 0.29) is 24.8 Å². The summed E-state index contributed by atoms with van der Waals surface area (Å²) in [6.07, 6.45) is 9.59. The minimum absolute atomic E-state index is 0. The molecule has 0 spiro atoms. The summed E-state index contributed by atoms with van der Waals surface area (Å²) in [5.41, 5.74) is 8.30. The third-order valence-corrected chi connectivity index (χ3v) is 6.19. The molecule has 1 aliphatic rings. The van der Waals surface area contributed by atoms with E-state index in [4.69, 9.17) is 0 Å². The number of aromatic nitrogens is 2. The maximum absolute atomic E-state index is 4.42. The Balaban J connectivity index is 0.00000112. The van der Waals surface area contributed by atoms with E-state index in [2.05, 4.69) is 63.9 Å². The summed E-state index contributed by atoms with van der Waals surface area (Å²) in [6.45, 7) is 0. The molecule has 0 N–H and O–H groups in total. The van der Waals surface area contributed by atoms with E-state index in [1.54, 1.807) is 0 Å². The van der Waals surface area contributed by atoms with Crippen molar-refractivity contribution in [2.24, 2.45) is 0 Å². The number of thiophene rings is 1. The maximum atomic E-state index is 4.42. The number of benzene rings is 1. The fourth-order valence-corrected chi connectivity index (χ4v) is 4.97. The molecule has 4 aromatic rings. The molecular weight excluding hydrogens is 407 g/mol. The lowest BCUT2D eigenvalue weighted by Gasteiger charge is -2.16. The third-order valence-electron chi connectivity index (χ3n) is 5.22. The topological polar surface area (TPSA) is 25.8 Å². The van der Waals surface area contributed by atoms with Gasteiger partial charge in [-0.15, -0.1) is 36.2 Å². The number of nitrogens with zero attached hydrogens (tertiary/aromatic N) is 2. The summed E-state index contributed by atoms with van der Waals surface area (Å²) < 4.78 is 0. The van der Waals surface area contributed by atoms with Gasteiger partial charge in [0.15, 0.2) is 0 Å². The van der Waals surface area contributed by atoms with E-state index in [1.807, 2.05) is 36.1 Å². The van der Waals surface area contributed by atoms with Gasteiger partial charge >= 0.3 is 0 Å². The molecule has 1 atom stereocenters. The number of hydrogen-bond acceptors (Lipinski definition) is 3. The van der Waals surface area contributed by atoms with Crippen LogP contribution < -0.4 is 0 Å². The first kappa shape index (κ1) is 20.5. The van der Waals surface area contributed by atoms with Gasteiger partial charge in [0.2, 0.25) is 0 Å². The van der Waals surface area contributed by atoms with Gasteiger partial charge in [0.25, 0.3) is 0 Å². The molecule has 0 saturated carbocycles. The van der Waals surface area contributed by atoms with Gasteiger partial charge in [0, 0.05) is 35.6 Å². The maximum Gasteiger partial charge on any atom is 0.0384 e. The first-order chi connectivity index (χ1) is 12.9. The smallest absolute Gasteiger partial charge is 0.0384 e. The number of hydrogen-bond donors (Lipinski definition) is 0. The number of pyridine rings is 2. The summed E-state index contributed by atoms with van der Waals surface area (Å²) >= 11 is 1.85. The molecule has 142 valence electrons. The molecule has 5 heteroatoms. The molecule has 3 heterocycles. The summed E-state index contributed by atoms with van der Waals surface area (Å²) in [5.74, 6) is 0.424. The fraction of sp³-hybridized carbons (Fsp3) is 0.130. The summed E-state index contributed by atoms with van der Waals surface area (Å²) in [7, 11) is 0. The Morgan fingerprint density at radius 1 is 0.786 bits per heavy atom. The highest BCUT2D eigenvalue weighted by Gasteiger charge is 2.29. The molecular formula is C23H20Cl2N2S. The molecule has 0 fully saturated rings. The predicted molar refractivity (Wildman–Crippen MR) is 121 cm³/mol. The average molecular weight is 427 g/mol. The van der Waals surface area contributed by atoms with Gasteiger partial charge in [0.1, 0.15) is 0 Å². The molecule has 1 aromatic carbocycles. The normalized spacial score (nSPS) is 13.8. The van der Waals surface area contributed by atoms with Crippen LogP contribution in [0.3, 0.4) is 0 Å². The zero-order valence-corrected chi connectivity index (χ0v) is 17.6. The average Bonchev–Trinajstić information content (AvgIpc) is 3.27. The Bertz CT molecular complexity index is 1060. The van der Waals surface area contributed by atoms with Crippen LogP contribution in [0.2, 0.25) is 0 Å². The molecule has 3 aromatic heterocycles. The number of fused-ring (bicyclic) bond motifs is 3. The summed E-state index contributed by atoms with van der Waals surface area (Å²) in [5, 5.41) is 2.22. The Morgan fingerprint density at radius 2 is 1.57 bits per heavy atom. The van der Waals surface area contributed by atoms with Crippen molar-refractivity contribution in [1.82, 2.24) is 9.97 Å². The Labute approximate surface area is 181 Å². The van der Waals surface area contributed by atoms with Crippen LogP contribution in [0.4, 0.5) is 0 Å². The highest BCUT2D eigenvalue weighted by Crippen LogP contribution is 2.48. The van der Waals surface area contributed by atoms with Gasteiger partial charge < -0.3 is 0 Å². The second kappa shape index (κ2) is 8.87. The summed E-state index contributed by atoms with van der Waals surface area (Å²) in [6, 6.07) is 17.5. The molecule has 5 rings (SSSR count). The molecule has 28 heavy (non-hydrogen) atoms. The lowest BCUT2D eigenvalue weighted by Crippen LogP contribution is -2.05. The van der Waals surface area contributed by atoms with Gasteiger partial charge in [-0.05, 0) is 75.9 Å². The second-order valence-corrected chi connectivity index (χ2v) is 7.64. The third kappa shape index (κ3) is 3.70.